The van der Waals surface area contributed by atoms with Crippen molar-refractivity contribution in [3.8, 4) is 0 Å². The second-order valence-corrected chi connectivity index (χ2v) is 16.0. The predicted molar refractivity (Wildman–Crippen MR) is 207 cm³/mol. The Balaban J connectivity index is 2.39. The molecule has 0 spiro atoms. The molecule has 2 rings (SSSR count). The van der Waals surface area contributed by atoms with Gasteiger partial charge in [-0.3, -0.25) is 19.2 Å². The maximum atomic E-state index is 14.1. The maximum absolute atomic E-state index is 14.1. The fourth-order valence-corrected chi connectivity index (χ4v) is 5.76. The summed E-state index contributed by atoms with van der Waals surface area (Å²) in [5.41, 5.74) is 0.698. The van der Waals surface area contributed by atoms with E-state index in [9.17, 15) is 33.9 Å². The lowest BCUT2D eigenvalue weighted by molar-refractivity contribution is -0.143. The summed E-state index contributed by atoms with van der Waals surface area (Å²) in [6, 6.07) is 12.6. The zero-order valence-corrected chi connectivity index (χ0v) is 33.2. The molecule has 298 valence electrons. The highest BCUT2D eigenvalue weighted by molar-refractivity contribution is 5.96. The van der Waals surface area contributed by atoms with Crippen molar-refractivity contribution in [2.45, 2.75) is 130 Å². The molecule has 2 aromatic rings. The summed E-state index contributed by atoms with van der Waals surface area (Å²) in [5, 5.41) is 23.3. The van der Waals surface area contributed by atoms with Gasteiger partial charge in [-0.1, -0.05) is 102 Å². The van der Waals surface area contributed by atoms with E-state index in [2.05, 4.69) is 26.6 Å². The number of hydrogen-bond acceptors (Lipinski definition) is 7. The van der Waals surface area contributed by atoms with Crippen LogP contribution in [0.25, 0.3) is 0 Å². The van der Waals surface area contributed by atoms with E-state index >= 15 is 0 Å². The first-order chi connectivity index (χ1) is 25.2. The number of hydrogen-bond donors (Lipinski definition) is 6. The summed E-state index contributed by atoms with van der Waals surface area (Å²) in [5.74, 6) is -3.80. The van der Waals surface area contributed by atoms with E-state index in [4.69, 9.17) is 4.74 Å². The molecule has 5 amide bonds. The average molecular weight is 752 g/mol. The predicted octanol–water partition coefficient (Wildman–Crippen LogP) is 4.53. The van der Waals surface area contributed by atoms with Gasteiger partial charge in [0, 0.05) is 12.8 Å². The zero-order chi connectivity index (χ0) is 40.6. The van der Waals surface area contributed by atoms with Gasteiger partial charge in [-0.2, -0.15) is 0 Å². The highest BCUT2D eigenvalue weighted by Gasteiger charge is 2.34. The molecule has 0 saturated carbocycles. The fraction of sp³-hybridized carbons (Fsp3) is 0.561. The molecule has 13 nitrogen and oxygen atoms in total. The second-order valence-electron chi connectivity index (χ2n) is 16.0. The van der Waals surface area contributed by atoms with Crippen LogP contribution in [-0.2, 0) is 41.6 Å². The summed E-state index contributed by atoms with van der Waals surface area (Å²) in [6.07, 6.45) is 0.0445. The van der Waals surface area contributed by atoms with Crippen LogP contribution >= 0.6 is 0 Å². The first-order valence-electron chi connectivity index (χ1n) is 18.8. The topological polar surface area (TPSA) is 192 Å². The van der Waals surface area contributed by atoms with Crippen molar-refractivity contribution in [1.82, 2.24) is 26.6 Å². The molecule has 0 bridgehead atoms. The third kappa shape index (κ3) is 17.3. The van der Waals surface area contributed by atoms with Crippen molar-refractivity contribution in [3.05, 3.63) is 71.8 Å². The van der Waals surface area contributed by atoms with Gasteiger partial charge >= 0.3 is 12.1 Å². The molecule has 5 atom stereocenters. The van der Waals surface area contributed by atoms with Crippen LogP contribution in [0.15, 0.2) is 60.7 Å². The SMILES string of the molecule is CC(C)C[C@H](NC(=O)[C@@H](CC(C)C)NC(=O)[C@H](Cc1ccccc1)NC(=O)[C@@H](CC(C)C)NC(=O)[C@H](Cc1ccccc1)NC(=O)OC(C)(C)C)C(=O)O. The minimum atomic E-state index is -1.17. The Kier molecular flexibility index (Phi) is 18.2. The lowest BCUT2D eigenvalue weighted by Gasteiger charge is -2.28. The van der Waals surface area contributed by atoms with Crippen LogP contribution in [-0.4, -0.2) is 76.6 Å². The molecule has 0 fully saturated rings. The molecule has 0 aliphatic heterocycles. The number of ether oxygens (including phenoxy) is 1. The van der Waals surface area contributed by atoms with Crippen molar-refractivity contribution < 1.29 is 38.6 Å². The van der Waals surface area contributed by atoms with E-state index in [-0.39, 0.29) is 49.9 Å². The van der Waals surface area contributed by atoms with Crippen molar-refractivity contribution in [2.24, 2.45) is 17.8 Å². The van der Waals surface area contributed by atoms with Gasteiger partial charge in [-0.05, 0) is 68.9 Å². The van der Waals surface area contributed by atoms with E-state index in [1.807, 2.05) is 77.9 Å². The lowest BCUT2D eigenvalue weighted by Crippen LogP contribution is -2.59. The van der Waals surface area contributed by atoms with Crippen LogP contribution < -0.4 is 26.6 Å². The fourth-order valence-electron chi connectivity index (χ4n) is 5.76. The minimum absolute atomic E-state index is 0.00371. The first-order valence-corrected chi connectivity index (χ1v) is 18.8. The molecular formula is C41H61N5O8. The van der Waals surface area contributed by atoms with E-state index in [0.29, 0.717) is 0 Å². The van der Waals surface area contributed by atoms with E-state index in [0.717, 1.165) is 11.1 Å². The Morgan fingerprint density at radius 3 is 1.19 bits per heavy atom. The molecule has 2 aromatic carbocycles. The largest absolute Gasteiger partial charge is 0.480 e. The van der Waals surface area contributed by atoms with Crippen LogP contribution in [0.4, 0.5) is 4.79 Å². The number of carboxylic acids is 1. The monoisotopic (exact) mass is 751 g/mol. The van der Waals surface area contributed by atoms with E-state index in [1.165, 1.54) is 0 Å². The third-order valence-electron chi connectivity index (χ3n) is 8.21. The number of aliphatic carboxylic acids is 1. The zero-order valence-electron chi connectivity index (χ0n) is 33.2. The molecule has 0 radical (unpaired) electrons. The van der Waals surface area contributed by atoms with Crippen LogP contribution in [0.1, 0.15) is 92.7 Å². The number of rotatable bonds is 20. The normalized spacial score (nSPS) is 14.3. The van der Waals surface area contributed by atoms with Gasteiger partial charge in [0.1, 0.15) is 35.8 Å². The molecule has 0 heterocycles. The summed E-state index contributed by atoms with van der Waals surface area (Å²) >= 11 is 0. The number of carbonyl (C=O) groups is 6. The molecular weight excluding hydrogens is 690 g/mol. The Morgan fingerprint density at radius 1 is 0.519 bits per heavy atom. The second kappa shape index (κ2) is 21.7. The van der Waals surface area contributed by atoms with Crippen molar-refractivity contribution in [1.29, 1.82) is 0 Å². The van der Waals surface area contributed by atoms with Gasteiger partial charge in [-0.15, -0.1) is 0 Å². The van der Waals surface area contributed by atoms with Crippen molar-refractivity contribution >= 4 is 35.7 Å². The van der Waals surface area contributed by atoms with Crippen LogP contribution in [0, 0.1) is 17.8 Å². The van der Waals surface area contributed by atoms with E-state index < -0.39 is 71.5 Å². The molecule has 0 unspecified atom stereocenters. The van der Waals surface area contributed by atoms with E-state index in [1.54, 1.807) is 45.0 Å². The minimum Gasteiger partial charge on any atom is -0.480 e. The number of carboxylic acid groups (broad SMARTS) is 1. The standard InChI is InChI=1S/C41H61N5O8/c1-25(2)20-30(43-38(50)33(24-29-18-14-11-15-19-29)46-40(53)54-41(7,8)9)35(47)44-32(23-28-16-12-10-13-17-28)37(49)42-31(21-26(3)4)36(48)45-34(39(51)52)22-27(5)6/h10-19,25-27,30-34H,20-24H2,1-9H3,(H,42,49)(H,43,50)(H,44,47)(H,45,48)(H,46,53)(H,51,52)/t30-,31-,32+,33+,34+/m1/s1. The summed E-state index contributed by atoms with van der Waals surface area (Å²) in [4.78, 5) is 80.1. The number of nitrogens with one attached hydrogen (secondary N) is 5. The molecule has 0 aliphatic rings. The number of benzene rings is 2. The van der Waals surface area contributed by atoms with Crippen LogP contribution in [0.3, 0.4) is 0 Å². The Labute approximate surface area is 320 Å². The van der Waals surface area contributed by atoms with Crippen molar-refractivity contribution in [2.75, 3.05) is 0 Å². The quantitative estimate of drug-likeness (QED) is 0.114. The first kappa shape index (κ1) is 45.2. The number of amides is 5. The van der Waals surface area contributed by atoms with Gasteiger partial charge in [0.2, 0.25) is 23.6 Å². The van der Waals surface area contributed by atoms with Gasteiger partial charge in [0.15, 0.2) is 0 Å². The molecule has 54 heavy (non-hydrogen) atoms. The maximum Gasteiger partial charge on any atom is 0.408 e. The summed E-state index contributed by atoms with van der Waals surface area (Å²) < 4.78 is 5.42. The Morgan fingerprint density at radius 2 is 0.833 bits per heavy atom. The van der Waals surface area contributed by atoms with Crippen LogP contribution in [0.5, 0.6) is 0 Å². The van der Waals surface area contributed by atoms with Gasteiger partial charge < -0.3 is 36.4 Å². The molecule has 0 aromatic heterocycles. The lowest BCUT2D eigenvalue weighted by atomic mass is 9.98. The third-order valence-corrected chi connectivity index (χ3v) is 8.21. The Hall–Kier alpha value is -4.94. The summed E-state index contributed by atoms with van der Waals surface area (Å²) in [7, 11) is 0. The van der Waals surface area contributed by atoms with Gasteiger partial charge in [-0.25, -0.2) is 9.59 Å². The summed E-state index contributed by atoms with van der Waals surface area (Å²) in [6.45, 7) is 16.4. The molecule has 13 heteroatoms. The van der Waals surface area contributed by atoms with Crippen molar-refractivity contribution in [3.63, 3.8) is 0 Å². The molecule has 0 saturated heterocycles. The molecule has 6 N–H and O–H groups in total. The van der Waals surface area contributed by atoms with Gasteiger partial charge in [0.05, 0.1) is 0 Å². The van der Waals surface area contributed by atoms with Gasteiger partial charge in [0.25, 0.3) is 0 Å². The molecule has 0 aliphatic carbocycles. The Bertz CT molecular complexity index is 1520. The number of alkyl carbamates (subject to hydrolysis) is 1. The smallest absolute Gasteiger partial charge is 0.408 e. The highest BCUT2D eigenvalue weighted by atomic mass is 16.6. The average Bonchev–Trinajstić information content (AvgIpc) is 3.06. The van der Waals surface area contributed by atoms with Crippen LogP contribution in [0.2, 0.25) is 0 Å². The number of carbonyl (C=O) groups excluding carboxylic acids is 5. The highest BCUT2D eigenvalue weighted by Crippen LogP contribution is 2.13.